The van der Waals surface area contributed by atoms with Crippen LogP contribution in [0.1, 0.15) is 6.92 Å². The van der Waals surface area contributed by atoms with Gasteiger partial charge in [0.05, 0.1) is 0 Å². The fourth-order valence-corrected chi connectivity index (χ4v) is 14.9. The van der Waals surface area contributed by atoms with Gasteiger partial charge in [0.15, 0.2) is 0 Å². The van der Waals surface area contributed by atoms with Gasteiger partial charge in [-0.3, -0.25) is 4.79 Å². The molecule has 0 aromatic heterocycles. The lowest BCUT2D eigenvalue weighted by atomic mass is 10.7. The van der Waals surface area contributed by atoms with Crippen molar-refractivity contribution in [3.8, 4) is 0 Å². The average Bonchev–Trinajstić information content (AvgIpc) is 2.28. The molecule has 1 saturated heterocycles. The molecule has 0 aromatic rings. The number of carbonyl (C=O) groups is 1. The van der Waals surface area contributed by atoms with Crippen LogP contribution in [0.5, 0.6) is 0 Å². The minimum Gasteiger partial charge on any atom is -0.349 e. The SMILES string of the molecule is C=C[Si]1(C)NC(=O)N(CC)[SiH](C)N[Si](C)(C=C)N1. The standard InChI is InChI=1S/C10H24N4OSi3/c1-7-14-10(15)11-17(5,8-2)13-18(6,9-3)12-16(14)4/h8-9,12-13,16H,2-3,7H2,1,4-6H3,(H,11,15). The smallest absolute Gasteiger partial charge is 0.303 e. The van der Waals surface area contributed by atoms with Crippen molar-refractivity contribution in [1.29, 1.82) is 0 Å². The molecule has 102 valence electrons. The molecular weight excluding hydrogens is 276 g/mol. The van der Waals surface area contributed by atoms with Crippen LogP contribution in [-0.4, -0.2) is 43.1 Å². The van der Waals surface area contributed by atoms with Gasteiger partial charge in [0, 0.05) is 6.54 Å². The van der Waals surface area contributed by atoms with Crippen LogP contribution in [0.25, 0.3) is 0 Å². The highest BCUT2D eigenvalue weighted by atomic mass is 28.4. The summed E-state index contributed by atoms with van der Waals surface area (Å²) in [6.07, 6.45) is 0. The van der Waals surface area contributed by atoms with Gasteiger partial charge in [-0.1, -0.05) is 11.4 Å². The zero-order chi connectivity index (χ0) is 14.0. The van der Waals surface area contributed by atoms with Gasteiger partial charge in [-0.2, -0.15) is 0 Å². The maximum atomic E-state index is 12.2. The number of nitrogens with zero attached hydrogens (tertiary/aromatic N) is 1. The predicted molar refractivity (Wildman–Crippen MR) is 83.8 cm³/mol. The molecule has 1 aliphatic heterocycles. The van der Waals surface area contributed by atoms with Crippen molar-refractivity contribution >= 4 is 31.9 Å². The molecular formula is C10H24N4OSi3. The number of amides is 2. The highest BCUT2D eigenvalue weighted by molar-refractivity contribution is 6.99. The van der Waals surface area contributed by atoms with Crippen LogP contribution >= 0.6 is 0 Å². The molecule has 3 unspecified atom stereocenters. The maximum absolute atomic E-state index is 12.2. The Bertz CT molecular complexity index is 367. The molecule has 3 N–H and O–H groups in total. The summed E-state index contributed by atoms with van der Waals surface area (Å²) < 4.78 is 9.22. The number of nitrogens with one attached hydrogen (secondary N) is 3. The Hall–Kier alpha value is -0.679. The third-order valence-corrected chi connectivity index (χ3v) is 15.4. The first-order valence-corrected chi connectivity index (χ1v) is 13.6. The summed E-state index contributed by atoms with van der Waals surface area (Å²) in [7, 11) is -5.58. The van der Waals surface area contributed by atoms with E-state index < -0.39 is 25.9 Å². The molecule has 0 saturated carbocycles. The quantitative estimate of drug-likeness (QED) is 0.671. The van der Waals surface area contributed by atoms with E-state index in [1.54, 1.807) is 0 Å². The Kier molecular flexibility index (Phi) is 4.72. The van der Waals surface area contributed by atoms with E-state index in [2.05, 4.69) is 47.1 Å². The Morgan fingerprint density at radius 3 is 2.33 bits per heavy atom. The molecule has 3 atom stereocenters. The third kappa shape index (κ3) is 3.20. The van der Waals surface area contributed by atoms with Crippen molar-refractivity contribution in [2.24, 2.45) is 0 Å². The molecule has 8 heteroatoms. The zero-order valence-corrected chi connectivity index (χ0v) is 14.9. The number of hydrogen-bond donors (Lipinski definition) is 3. The largest absolute Gasteiger partial charge is 0.349 e. The molecule has 0 spiro atoms. The lowest BCUT2D eigenvalue weighted by Gasteiger charge is -2.43. The molecule has 1 aliphatic rings. The first-order chi connectivity index (χ1) is 8.29. The van der Waals surface area contributed by atoms with E-state index in [9.17, 15) is 4.79 Å². The molecule has 2 amide bonds. The van der Waals surface area contributed by atoms with Gasteiger partial charge in [0.1, 0.15) is 0 Å². The first-order valence-electron chi connectivity index (χ1n) is 6.22. The average molecular weight is 301 g/mol. The van der Waals surface area contributed by atoms with Gasteiger partial charge in [-0.25, -0.2) is 0 Å². The molecule has 0 aliphatic carbocycles. The van der Waals surface area contributed by atoms with E-state index in [0.29, 0.717) is 0 Å². The van der Waals surface area contributed by atoms with Crippen LogP contribution in [0.15, 0.2) is 24.6 Å². The fourth-order valence-electron chi connectivity index (χ4n) is 2.22. The molecule has 5 nitrogen and oxygen atoms in total. The van der Waals surface area contributed by atoms with Crippen LogP contribution in [0.4, 0.5) is 4.79 Å². The summed E-state index contributed by atoms with van der Waals surface area (Å²) in [5, 5.41) is 0. The first kappa shape index (κ1) is 15.4. The number of carbonyl (C=O) groups excluding carboxylic acids is 1. The van der Waals surface area contributed by atoms with Gasteiger partial charge >= 0.3 is 6.03 Å². The van der Waals surface area contributed by atoms with Gasteiger partial charge < -0.3 is 18.8 Å². The summed E-state index contributed by atoms with van der Waals surface area (Å²) >= 11 is 0. The summed E-state index contributed by atoms with van der Waals surface area (Å²) in [6, 6.07) is 0.0193. The summed E-state index contributed by atoms with van der Waals surface area (Å²) in [6.45, 7) is 16.9. The summed E-state index contributed by atoms with van der Waals surface area (Å²) in [5.41, 5.74) is 3.86. The highest BCUT2D eigenvalue weighted by Crippen LogP contribution is 2.09. The molecule has 1 rings (SSSR count). The lowest BCUT2D eigenvalue weighted by molar-refractivity contribution is 0.228. The molecule has 0 aromatic carbocycles. The molecule has 18 heavy (non-hydrogen) atoms. The molecule has 0 bridgehead atoms. The summed E-state index contributed by atoms with van der Waals surface area (Å²) in [5.74, 6) is 0. The van der Waals surface area contributed by atoms with Gasteiger partial charge in [-0.15, -0.1) is 13.2 Å². The van der Waals surface area contributed by atoms with E-state index >= 15 is 0 Å². The van der Waals surface area contributed by atoms with Crippen LogP contribution < -0.4 is 14.3 Å². The van der Waals surface area contributed by atoms with Crippen molar-refractivity contribution in [2.75, 3.05) is 6.54 Å². The predicted octanol–water partition coefficient (Wildman–Crippen LogP) is 0.655. The monoisotopic (exact) mass is 300 g/mol. The van der Waals surface area contributed by atoms with Crippen LogP contribution in [0, 0.1) is 0 Å². The second kappa shape index (κ2) is 5.53. The van der Waals surface area contributed by atoms with Gasteiger partial charge in [0.25, 0.3) is 0 Å². The molecule has 1 heterocycles. The lowest BCUT2D eigenvalue weighted by Crippen LogP contribution is -2.80. The Labute approximate surface area is 113 Å². The van der Waals surface area contributed by atoms with E-state index in [1.165, 1.54) is 0 Å². The van der Waals surface area contributed by atoms with Crippen LogP contribution in [0.2, 0.25) is 19.6 Å². The third-order valence-electron chi connectivity index (χ3n) is 3.28. The van der Waals surface area contributed by atoms with Crippen LogP contribution in [0.3, 0.4) is 0 Å². The zero-order valence-electron chi connectivity index (χ0n) is 11.7. The van der Waals surface area contributed by atoms with Crippen molar-refractivity contribution < 1.29 is 4.79 Å². The van der Waals surface area contributed by atoms with Gasteiger partial charge in [-0.05, 0) is 26.6 Å². The Balaban J connectivity index is 3.11. The minimum absolute atomic E-state index is 0.0193. The van der Waals surface area contributed by atoms with Gasteiger partial charge in [0.2, 0.25) is 25.9 Å². The normalized spacial score (nSPS) is 37.4. The van der Waals surface area contributed by atoms with E-state index in [4.69, 9.17) is 0 Å². The van der Waals surface area contributed by atoms with Crippen molar-refractivity contribution in [3.05, 3.63) is 24.6 Å². The van der Waals surface area contributed by atoms with Crippen molar-refractivity contribution in [2.45, 2.75) is 26.6 Å². The Morgan fingerprint density at radius 1 is 1.33 bits per heavy atom. The maximum Gasteiger partial charge on any atom is 0.303 e. The number of urea groups is 1. The minimum atomic E-state index is -2.18. The highest BCUT2D eigenvalue weighted by Gasteiger charge is 2.41. The van der Waals surface area contributed by atoms with E-state index in [0.717, 1.165) is 6.54 Å². The second-order valence-electron chi connectivity index (χ2n) is 4.97. The second-order valence-corrected chi connectivity index (χ2v) is 15.0. The Morgan fingerprint density at radius 2 is 1.89 bits per heavy atom. The van der Waals surface area contributed by atoms with Crippen LogP contribution in [-0.2, 0) is 0 Å². The molecule has 1 fully saturated rings. The van der Waals surface area contributed by atoms with E-state index in [-0.39, 0.29) is 6.03 Å². The molecule has 0 radical (unpaired) electrons. The number of hydrogen-bond acceptors (Lipinski definition) is 3. The fraction of sp³-hybridized carbons (Fsp3) is 0.500. The summed E-state index contributed by atoms with van der Waals surface area (Å²) in [4.78, 5) is 15.4. The number of rotatable bonds is 3. The topological polar surface area (TPSA) is 56.4 Å². The van der Waals surface area contributed by atoms with E-state index in [1.807, 2.05) is 22.9 Å². The van der Waals surface area contributed by atoms with Crippen molar-refractivity contribution in [3.63, 3.8) is 0 Å². The van der Waals surface area contributed by atoms with Crippen molar-refractivity contribution in [1.82, 2.24) is 18.8 Å².